The second-order valence-corrected chi connectivity index (χ2v) is 6.30. The van der Waals surface area contributed by atoms with Gasteiger partial charge in [0.1, 0.15) is 5.15 Å². The third kappa shape index (κ3) is 2.81. The molecule has 20 heavy (non-hydrogen) atoms. The van der Waals surface area contributed by atoms with Gasteiger partial charge in [-0.25, -0.2) is 4.98 Å². The molecule has 108 valence electrons. The number of fused-ring (bicyclic) bond motifs is 2. The van der Waals surface area contributed by atoms with Crippen LogP contribution in [0.2, 0.25) is 5.15 Å². The Labute approximate surface area is 124 Å². The molecule has 1 N–H and O–H groups in total. The minimum absolute atomic E-state index is 0.0399. The van der Waals surface area contributed by atoms with E-state index in [4.69, 9.17) is 11.6 Å². The van der Waals surface area contributed by atoms with E-state index < -0.39 is 0 Å². The smallest absolute Gasteiger partial charge is 0.251 e. The largest absolute Gasteiger partial charge is 0.349 e. The maximum atomic E-state index is 12.3. The fraction of sp³-hybridized carbons (Fsp3) is 0.600. The van der Waals surface area contributed by atoms with Crippen molar-refractivity contribution in [1.29, 1.82) is 0 Å². The van der Waals surface area contributed by atoms with E-state index >= 15 is 0 Å². The van der Waals surface area contributed by atoms with Gasteiger partial charge in [0.25, 0.3) is 5.91 Å². The van der Waals surface area contributed by atoms with Crippen molar-refractivity contribution in [1.82, 2.24) is 15.2 Å². The molecule has 2 aliphatic rings. The van der Waals surface area contributed by atoms with Gasteiger partial charge in [0.15, 0.2) is 0 Å². The van der Waals surface area contributed by atoms with Crippen molar-refractivity contribution in [3.63, 3.8) is 0 Å². The summed E-state index contributed by atoms with van der Waals surface area (Å²) in [6.45, 7) is 0. The van der Waals surface area contributed by atoms with Crippen LogP contribution in [0.1, 0.15) is 42.5 Å². The molecule has 3 rings (SSSR count). The highest BCUT2D eigenvalue weighted by Gasteiger charge is 2.36. The fourth-order valence-electron chi connectivity index (χ4n) is 3.55. The average Bonchev–Trinajstić information content (AvgIpc) is 2.40. The molecule has 5 heteroatoms. The Morgan fingerprint density at radius 3 is 2.75 bits per heavy atom. The normalized spacial score (nSPS) is 30.0. The van der Waals surface area contributed by atoms with E-state index in [0.29, 0.717) is 22.8 Å². The zero-order valence-electron chi connectivity index (χ0n) is 11.7. The summed E-state index contributed by atoms with van der Waals surface area (Å²) < 4.78 is 0. The average molecular weight is 294 g/mol. The molecule has 2 saturated heterocycles. The van der Waals surface area contributed by atoms with Crippen LogP contribution in [0.5, 0.6) is 0 Å². The predicted octanol–water partition coefficient (Wildman–Crippen LogP) is 2.48. The van der Waals surface area contributed by atoms with Gasteiger partial charge in [0, 0.05) is 29.9 Å². The zero-order chi connectivity index (χ0) is 14.1. The number of hydrogen-bond acceptors (Lipinski definition) is 3. The molecule has 2 atom stereocenters. The van der Waals surface area contributed by atoms with E-state index in [2.05, 4.69) is 22.2 Å². The summed E-state index contributed by atoms with van der Waals surface area (Å²) in [7, 11) is 2.22. The minimum Gasteiger partial charge on any atom is -0.349 e. The summed E-state index contributed by atoms with van der Waals surface area (Å²) in [5.41, 5.74) is 0.592. The van der Waals surface area contributed by atoms with Crippen LogP contribution < -0.4 is 5.32 Å². The Morgan fingerprint density at radius 1 is 1.40 bits per heavy atom. The summed E-state index contributed by atoms with van der Waals surface area (Å²) >= 11 is 5.83. The predicted molar refractivity (Wildman–Crippen MR) is 78.9 cm³/mol. The van der Waals surface area contributed by atoms with Gasteiger partial charge in [-0.2, -0.15) is 0 Å². The summed E-state index contributed by atoms with van der Waals surface area (Å²) in [6.07, 6.45) is 7.50. The lowest BCUT2D eigenvalue weighted by atomic mass is 9.82. The third-order valence-corrected chi connectivity index (χ3v) is 4.87. The summed E-state index contributed by atoms with van der Waals surface area (Å²) in [4.78, 5) is 18.7. The van der Waals surface area contributed by atoms with Crippen molar-refractivity contribution < 1.29 is 4.79 Å². The minimum atomic E-state index is -0.0399. The van der Waals surface area contributed by atoms with Crippen LogP contribution >= 0.6 is 11.6 Å². The molecule has 4 nitrogen and oxygen atoms in total. The van der Waals surface area contributed by atoms with Gasteiger partial charge in [-0.05, 0) is 44.9 Å². The number of aromatic nitrogens is 1. The van der Waals surface area contributed by atoms with Crippen LogP contribution in [0.15, 0.2) is 18.3 Å². The first-order valence-corrected chi connectivity index (χ1v) is 7.65. The molecule has 0 spiro atoms. The molecule has 1 aromatic heterocycles. The van der Waals surface area contributed by atoms with Crippen LogP contribution in [0, 0.1) is 0 Å². The van der Waals surface area contributed by atoms with E-state index in [-0.39, 0.29) is 11.9 Å². The van der Waals surface area contributed by atoms with Crippen LogP contribution in [-0.2, 0) is 0 Å². The second kappa shape index (κ2) is 5.70. The van der Waals surface area contributed by atoms with Gasteiger partial charge in [-0.3, -0.25) is 4.79 Å². The number of carbonyl (C=O) groups is 1. The van der Waals surface area contributed by atoms with Gasteiger partial charge < -0.3 is 10.2 Å². The van der Waals surface area contributed by atoms with Gasteiger partial charge in [0.2, 0.25) is 0 Å². The quantitative estimate of drug-likeness (QED) is 0.852. The number of carbonyl (C=O) groups excluding carboxylic acids is 1. The van der Waals surface area contributed by atoms with Crippen LogP contribution in [0.3, 0.4) is 0 Å². The lowest BCUT2D eigenvalue weighted by molar-refractivity contribution is 0.0463. The van der Waals surface area contributed by atoms with Crippen molar-refractivity contribution in [3.05, 3.63) is 29.0 Å². The number of nitrogens with zero attached hydrogens (tertiary/aromatic N) is 2. The molecule has 3 heterocycles. The molecule has 0 aliphatic carbocycles. The summed E-state index contributed by atoms with van der Waals surface area (Å²) in [5, 5.41) is 3.52. The van der Waals surface area contributed by atoms with E-state index in [9.17, 15) is 4.79 Å². The lowest BCUT2D eigenvalue weighted by Crippen LogP contribution is -2.55. The molecule has 2 bridgehead atoms. The maximum absolute atomic E-state index is 12.3. The third-order valence-electron chi connectivity index (χ3n) is 4.66. The van der Waals surface area contributed by atoms with Crippen molar-refractivity contribution >= 4 is 17.5 Å². The van der Waals surface area contributed by atoms with Crippen molar-refractivity contribution in [2.45, 2.75) is 50.2 Å². The zero-order valence-corrected chi connectivity index (χ0v) is 12.4. The van der Waals surface area contributed by atoms with E-state index in [1.165, 1.54) is 19.3 Å². The van der Waals surface area contributed by atoms with Gasteiger partial charge in [-0.15, -0.1) is 0 Å². The monoisotopic (exact) mass is 293 g/mol. The second-order valence-electron chi connectivity index (χ2n) is 5.91. The SMILES string of the molecule is CN1C2CCCC1CC(NC(=O)c1ccnc(Cl)c1)C2. The molecule has 0 aromatic carbocycles. The molecule has 1 aromatic rings. The molecule has 2 aliphatic heterocycles. The van der Waals surface area contributed by atoms with Gasteiger partial charge >= 0.3 is 0 Å². The Morgan fingerprint density at radius 2 is 2.10 bits per heavy atom. The number of pyridine rings is 1. The summed E-state index contributed by atoms with van der Waals surface area (Å²) in [5.74, 6) is -0.0399. The number of halogens is 1. The number of piperidine rings is 2. The first kappa shape index (κ1) is 13.8. The highest BCUT2D eigenvalue weighted by molar-refractivity contribution is 6.29. The Kier molecular flexibility index (Phi) is 3.94. The first-order valence-electron chi connectivity index (χ1n) is 7.28. The fourth-order valence-corrected chi connectivity index (χ4v) is 3.72. The summed E-state index contributed by atoms with van der Waals surface area (Å²) in [6, 6.07) is 4.84. The van der Waals surface area contributed by atoms with Gasteiger partial charge in [0.05, 0.1) is 0 Å². The van der Waals surface area contributed by atoms with Crippen LogP contribution in [0.4, 0.5) is 0 Å². The first-order chi connectivity index (χ1) is 9.63. The topological polar surface area (TPSA) is 45.2 Å². The van der Waals surface area contributed by atoms with E-state index in [0.717, 1.165) is 12.8 Å². The van der Waals surface area contributed by atoms with Gasteiger partial charge in [-0.1, -0.05) is 18.0 Å². The standard InChI is InChI=1S/C15H20ClN3O/c1-19-12-3-2-4-13(19)9-11(8-12)18-15(20)10-5-6-17-14(16)7-10/h5-7,11-13H,2-4,8-9H2,1H3,(H,18,20). The van der Waals surface area contributed by atoms with Crippen molar-refractivity contribution in [2.24, 2.45) is 0 Å². The van der Waals surface area contributed by atoms with Crippen LogP contribution in [-0.4, -0.2) is 41.0 Å². The Balaban J connectivity index is 1.65. The number of hydrogen-bond donors (Lipinski definition) is 1. The van der Waals surface area contributed by atoms with E-state index in [1.54, 1.807) is 18.3 Å². The number of amides is 1. The number of rotatable bonds is 2. The van der Waals surface area contributed by atoms with E-state index in [1.807, 2.05) is 0 Å². The number of nitrogens with one attached hydrogen (secondary N) is 1. The lowest BCUT2D eigenvalue weighted by Gasteiger charge is -2.47. The molecule has 1 amide bonds. The Hall–Kier alpha value is -1.13. The molecule has 0 radical (unpaired) electrons. The van der Waals surface area contributed by atoms with Crippen LogP contribution in [0.25, 0.3) is 0 Å². The highest BCUT2D eigenvalue weighted by atomic mass is 35.5. The molecule has 0 saturated carbocycles. The van der Waals surface area contributed by atoms with Crippen molar-refractivity contribution in [3.8, 4) is 0 Å². The molecule has 2 unspecified atom stereocenters. The maximum Gasteiger partial charge on any atom is 0.251 e. The molecular formula is C15H20ClN3O. The van der Waals surface area contributed by atoms with Crippen molar-refractivity contribution in [2.75, 3.05) is 7.05 Å². The molecular weight excluding hydrogens is 274 g/mol. The molecule has 2 fully saturated rings. The Bertz CT molecular complexity index is 494. The highest BCUT2D eigenvalue weighted by Crippen LogP contribution is 2.32.